The van der Waals surface area contributed by atoms with Crippen molar-refractivity contribution in [2.75, 3.05) is 26.2 Å². The lowest BCUT2D eigenvalue weighted by Gasteiger charge is -2.39. The summed E-state index contributed by atoms with van der Waals surface area (Å²) < 4.78 is 0. The first-order valence-corrected chi connectivity index (χ1v) is 7.40. The molecule has 1 N–H and O–H groups in total. The van der Waals surface area contributed by atoms with Gasteiger partial charge in [-0.05, 0) is 36.5 Å². The molecule has 2 nitrogen and oxygen atoms in total. The molecule has 0 aromatic heterocycles. The van der Waals surface area contributed by atoms with Crippen LogP contribution < -0.4 is 5.32 Å². The van der Waals surface area contributed by atoms with E-state index in [4.69, 9.17) is 0 Å². The van der Waals surface area contributed by atoms with Crippen molar-refractivity contribution in [3.05, 3.63) is 0 Å². The molecule has 2 atom stereocenters. The lowest BCUT2D eigenvalue weighted by Crippen LogP contribution is -2.46. The lowest BCUT2D eigenvalue weighted by molar-refractivity contribution is 0.0959. The number of nitrogens with zero attached hydrogens (tertiary/aromatic N) is 1. The molecule has 0 aromatic rings. The molecule has 0 aromatic carbocycles. The molecule has 1 aliphatic heterocycles. The fourth-order valence-corrected chi connectivity index (χ4v) is 3.29. The van der Waals surface area contributed by atoms with Gasteiger partial charge in [-0.1, -0.05) is 27.7 Å². The first kappa shape index (κ1) is 13.4. The molecular formula is C15H30N2. The van der Waals surface area contributed by atoms with E-state index >= 15 is 0 Å². The van der Waals surface area contributed by atoms with Gasteiger partial charge in [-0.25, -0.2) is 0 Å². The van der Waals surface area contributed by atoms with E-state index in [0.29, 0.717) is 5.41 Å². The Hall–Kier alpha value is -0.0800. The third kappa shape index (κ3) is 4.59. The molecule has 0 bridgehead atoms. The highest BCUT2D eigenvalue weighted by Crippen LogP contribution is 2.26. The standard InChI is InChI=1S/C15H30N2/c1-12-7-13(2)9-17(8-12)11-15(3,4)10-16-14-5-6-14/h12-14,16H,5-11H2,1-4H3. The van der Waals surface area contributed by atoms with Crippen LogP contribution in [0.3, 0.4) is 0 Å². The van der Waals surface area contributed by atoms with Gasteiger partial charge in [0, 0.05) is 32.2 Å². The zero-order valence-corrected chi connectivity index (χ0v) is 12.1. The van der Waals surface area contributed by atoms with E-state index in [1.165, 1.54) is 45.4 Å². The second kappa shape index (κ2) is 5.27. The molecule has 2 heteroatoms. The van der Waals surface area contributed by atoms with Crippen LogP contribution in [0.1, 0.15) is 47.0 Å². The van der Waals surface area contributed by atoms with Crippen LogP contribution in [0.4, 0.5) is 0 Å². The summed E-state index contributed by atoms with van der Waals surface area (Å²) >= 11 is 0. The van der Waals surface area contributed by atoms with Crippen molar-refractivity contribution in [1.82, 2.24) is 10.2 Å². The van der Waals surface area contributed by atoms with Crippen LogP contribution >= 0.6 is 0 Å². The molecule has 1 aliphatic carbocycles. The van der Waals surface area contributed by atoms with Gasteiger partial charge in [0.15, 0.2) is 0 Å². The number of likely N-dealkylation sites (tertiary alicyclic amines) is 1. The molecule has 2 rings (SSSR count). The van der Waals surface area contributed by atoms with Gasteiger partial charge in [0.05, 0.1) is 0 Å². The average Bonchev–Trinajstić information content (AvgIpc) is 2.95. The summed E-state index contributed by atoms with van der Waals surface area (Å²) in [7, 11) is 0. The van der Waals surface area contributed by atoms with Crippen LogP contribution in [0.15, 0.2) is 0 Å². The van der Waals surface area contributed by atoms with E-state index in [1.54, 1.807) is 0 Å². The van der Waals surface area contributed by atoms with E-state index in [-0.39, 0.29) is 0 Å². The molecular weight excluding hydrogens is 208 g/mol. The maximum Gasteiger partial charge on any atom is 0.00684 e. The molecule has 17 heavy (non-hydrogen) atoms. The monoisotopic (exact) mass is 238 g/mol. The Kier molecular flexibility index (Phi) is 4.14. The third-order valence-corrected chi connectivity index (χ3v) is 4.04. The first-order chi connectivity index (χ1) is 7.94. The molecule has 2 fully saturated rings. The molecule has 0 radical (unpaired) electrons. The molecule has 100 valence electrons. The van der Waals surface area contributed by atoms with Gasteiger partial charge in [-0.2, -0.15) is 0 Å². The molecule has 0 spiro atoms. The van der Waals surface area contributed by atoms with Crippen molar-refractivity contribution >= 4 is 0 Å². The summed E-state index contributed by atoms with van der Waals surface area (Å²) in [4.78, 5) is 2.69. The SMILES string of the molecule is CC1CC(C)CN(CC(C)(C)CNC2CC2)C1. The van der Waals surface area contributed by atoms with Crippen LogP contribution in [-0.2, 0) is 0 Å². The van der Waals surface area contributed by atoms with Crippen LogP contribution in [0, 0.1) is 17.3 Å². The van der Waals surface area contributed by atoms with Gasteiger partial charge in [0.25, 0.3) is 0 Å². The van der Waals surface area contributed by atoms with Crippen molar-refractivity contribution in [2.45, 2.75) is 53.0 Å². The number of hydrogen-bond acceptors (Lipinski definition) is 2. The minimum atomic E-state index is 0.416. The number of piperidine rings is 1. The molecule has 1 heterocycles. The number of hydrogen-bond donors (Lipinski definition) is 1. The van der Waals surface area contributed by atoms with E-state index in [9.17, 15) is 0 Å². The van der Waals surface area contributed by atoms with E-state index in [1.807, 2.05) is 0 Å². The highest BCUT2D eigenvalue weighted by atomic mass is 15.1. The van der Waals surface area contributed by atoms with Gasteiger partial charge in [-0.15, -0.1) is 0 Å². The Morgan fingerprint density at radius 3 is 2.24 bits per heavy atom. The summed E-state index contributed by atoms with van der Waals surface area (Å²) in [5.41, 5.74) is 0.416. The summed E-state index contributed by atoms with van der Waals surface area (Å²) in [5.74, 6) is 1.76. The fourth-order valence-electron chi connectivity index (χ4n) is 3.29. The summed E-state index contributed by atoms with van der Waals surface area (Å²) in [5, 5.41) is 3.68. The zero-order chi connectivity index (χ0) is 12.5. The van der Waals surface area contributed by atoms with Crippen LogP contribution in [0.5, 0.6) is 0 Å². The predicted molar refractivity (Wildman–Crippen MR) is 74.2 cm³/mol. The minimum absolute atomic E-state index is 0.416. The second-order valence-electron chi connectivity index (χ2n) is 7.46. The lowest BCUT2D eigenvalue weighted by atomic mass is 9.87. The maximum absolute atomic E-state index is 3.68. The Balaban J connectivity index is 1.76. The maximum atomic E-state index is 3.68. The number of nitrogens with one attached hydrogen (secondary N) is 1. The van der Waals surface area contributed by atoms with Gasteiger partial charge >= 0.3 is 0 Å². The van der Waals surface area contributed by atoms with E-state index in [2.05, 4.69) is 37.9 Å². The second-order valence-corrected chi connectivity index (χ2v) is 7.46. The normalized spacial score (nSPS) is 31.8. The Morgan fingerprint density at radius 1 is 1.12 bits per heavy atom. The minimum Gasteiger partial charge on any atom is -0.313 e. The van der Waals surface area contributed by atoms with Gasteiger partial charge in [0.1, 0.15) is 0 Å². The Labute approximate surface area is 107 Å². The van der Waals surface area contributed by atoms with Crippen molar-refractivity contribution in [2.24, 2.45) is 17.3 Å². The Morgan fingerprint density at radius 2 is 1.71 bits per heavy atom. The quantitative estimate of drug-likeness (QED) is 0.792. The largest absolute Gasteiger partial charge is 0.313 e. The van der Waals surface area contributed by atoms with Gasteiger partial charge in [0.2, 0.25) is 0 Å². The number of rotatable bonds is 5. The molecule has 2 aliphatic rings. The van der Waals surface area contributed by atoms with E-state index in [0.717, 1.165) is 17.9 Å². The first-order valence-electron chi connectivity index (χ1n) is 7.40. The molecule has 2 unspecified atom stereocenters. The van der Waals surface area contributed by atoms with Crippen LogP contribution in [0.2, 0.25) is 0 Å². The molecule has 1 saturated heterocycles. The van der Waals surface area contributed by atoms with Gasteiger partial charge in [-0.3, -0.25) is 0 Å². The smallest absolute Gasteiger partial charge is 0.00684 e. The third-order valence-electron chi connectivity index (χ3n) is 4.04. The highest BCUT2D eigenvalue weighted by Gasteiger charge is 2.29. The summed E-state index contributed by atoms with van der Waals surface area (Å²) in [6.45, 7) is 14.7. The van der Waals surface area contributed by atoms with Crippen molar-refractivity contribution in [3.8, 4) is 0 Å². The van der Waals surface area contributed by atoms with Crippen molar-refractivity contribution in [3.63, 3.8) is 0 Å². The molecule has 1 saturated carbocycles. The van der Waals surface area contributed by atoms with Crippen molar-refractivity contribution < 1.29 is 0 Å². The topological polar surface area (TPSA) is 15.3 Å². The van der Waals surface area contributed by atoms with Crippen molar-refractivity contribution in [1.29, 1.82) is 0 Å². The summed E-state index contributed by atoms with van der Waals surface area (Å²) in [6.07, 6.45) is 4.21. The van der Waals surface area contributed by atoms with E-state index < -0.39 is 0 Å². The van der Waals surface area contributed by atoms with Crippen LogP contribution in [0.25, 0.3) is 0 Å². The van der Waals surface area contributed by atoms with Gasteiger partial charge < -0.3 is 10.2 Å². The zero-order valence-electron chi connectivity index (χ0n) is 12.1. The predicted octanol–water partition coefficient (Wildman–Crippen LogP) is 2.74. The molecule has 0 amide bonds. The average molecular weight is 238 g/mol. The highest BCUT2D eigenvalue weighted by molar-refractivity contribution is 4.86. The Bertz CT molecular complexity index is 235. The van der Waals surface area contributed by atoms with Crippen LogP contribution in [-0.4, -0.2) is 37.1 Å². The fraction of sp³-hybridized carbons (Fsp3) is 1.00. The summed E-state index contributed by atoms with van der Waals surface area (Å²) in [6, 6.07) is 0.841.